The minimum atomic E-state index is -1.86. The van der Waals surface area contributed by atoms with Crippen molar-refractivity contribution >= 4 is 39.1 Å². The van der Waals surface area contributed by atoms with E-state index in [4.69, 9.17) is 0 Å². The molecule has 0 aliphatic rings. The van der Waals surface area contributed by atoms with Gasteiger partial charge in [0.05, 0.1) is 6.16 Å². The van der Waals surface area contributed by atoms with Gasteiger partial charge in [0.15, 0.2) is 0 Å². The van der Waals surface area contributed by atoms with Gasteiger partial charge in [-0.3, -0.25) is 4.98 Å². The second-order valence-electron chi connectivity index (χ2n) is 6.49. The molecule has 0 amide bonds. The van der Waals surface area contributed by atoms with Gasteiger partial charge in [0.2, 0.25) is 0 Å². The van der Waals surface area contributed by atoms with Gasteiger partial charge in [-0.15, -0.1) is 0 Å². The summed E-state index contributed by atoms with van der Waals surface area (Å²) in [5.74, 6) is 0. The van der Waals surface area contributed by atoms with Crippen LogP contribution in [0, 0.1) is 0 Å². The van der Waals surface area contributed by atoms with Crippen LogP contribution in [0.5, 0.6) is 0 Å². The van der Waals surface area contributed by atoms with Crippen molar-refractivity contribution in [2.45, 2.75) is 6.16 Å². The van der Waals surface area contributed by atoms with Crippen molar-refractivity contribution in [1.29, 1.82) is 0 Å². The van der Waals surface area contributed by atoms with E-state index in [1.54, 1.807) is 0 Å². The van der Waals surface area contributed by atoms with Crippen molar-refractivity contribution in [2.24, 2.45) is 0 Å². The SMILES string of the molecule is Brc1cncc(C[P+](c2ccccc2)(c2ccccc2)c2ccccc2)c1. The molecule has 0 radical (unpaired) electrons. The quantitative estimate of drug-likeness (QED) is 0.388. The van der Waals surface area contributed by atoms with Gasteiger partial charge in [-0.05, 0) is 58.4 Å². The highest BCUT2D eigenvalue weighted by Crippen LogP contribution is 2.58. The fraction of sp³-hybridized carbons (Fsp3) is 0.0417. The van der Waals surface area contributed by atoms with Crippen molar-refractivity contribution < 1.29 is 0 Å². The van der Waals surface area contributed by atoms with Crippen LogP contribution in [-0.2, 0) is 6.16 Å². The Balaban J connectivity index is 2.00. The molecular weight excluding hydrogens is 413 g/mol. The van der Waals surface area contributed by atoms with Crippen molar-refractivity contribution in [2.75, 3.05) is 0 Å². The Bertz CT molecular complexity index is 907. The molecule has 3 aromatic carbocycles. The Hall–Kier alpha value is -2.28. The largest absolute Gasteiger partial charge is 0.263 e. The first-order valence-electron chi connectivity index (χ1n) is 8.93. The molecule has 132 valence electrons. The average molecular weight is 433 g/mol. The molecule has 1 aromatic heterocycles. The van der Waals surface area contributed by atoms with Gasteiger partial charge >= 0.3 is 0 Å². The molecule has 0 aliphatic carbocycles. The molecule has 0 N–H and O–H groups in total. The lowest BCUT2D eigenvalue weighted by Gasteiger charge is -2.27. The van der Waals surface area contributed by atoms with Crippen molar-refractivity contribution in [3.63, 3.8) is 0 Å². The number of nitrogens with zero attached hydrogens (tertiary/aromatic N) is 1. The molecule has 4 rings (SSSR count). The van der Waals surface area contributed by atoms with Crippen LogP contribution in [0.3, 0.4) is 0 Å². The lowest BCUT2D eigenvalue weighted by Crippen LogP contribution is -2.32. The summed E-state index contributed by atoms with van der Waals surface area (Å²) in [5.41, 5.74) is 1.24. The van der Waals surface area contributed by atoms with E-state index in [9.17, 15) is 0 Å². The van der Waals surface area contributed by atoms with Crippen LogP contribution in [0.1, 0.15) is 5.56 Å². The van der Waals surface area contributed by atoms with Gasteiger partial charge in [0.1, 0.15) is 23.2 Å². The van der Waals surface area contributed by atoms with Gasteiger partial charge in [0.25, 0.3) is 0 Å². The van der Waals surface area contributed by atoms with Crippen LogP contribution in [0.4, 0.5) is 0 Å². The smallest absolute Gasteiger partial charge is 0.116 e. The highest BCUT2D eigenvalue weighted by molar-refractivity contribution is 9.10. The maximum absolute atomic E-state index is 4.42. The maximum Gasteiger partial charge on any atom is 0.116 e. The zero-order valence-electron chi connectivity index (χ0n) is 14.9. The number of aromatic nitrogens is 1. The number of benzene rings is 3. The van der Waals surface area contributed by atoms with E-state index in [0.29, 0.717) is 0 Å². The molecule has 0 aliphatic heterocycles. The third-order valence-corrected chi connectivity index (χ3v) is 9.58. The van der Waals surface area contributed by atoms with Crippen LogP contribution < -0.4 is 15.9 Å². The van der Waals surface area contributed by atoms with E-state index in [1.807, 2.05) is 12.4 Å². The van der Waals surface area contributed by atoms with E-state index in [-0.39, 0.29) is 0 Å². The van der Waals surface area contributed by atoms with Gasteiger partial charge in [-0.25, -0.2) is 0 Å². The summed E-state index contributed by atoms with van der Waals surface area (Å²) in [5, 5.41) is 4.17. The third-order valence-electron chi connectivity index (χ3n) is 4.77. The highest BCUT2D eigenvalue weighted by atomic mass is 79.9. The molecule has 0 saturated carbocycles. The monoisotopic (exact) mass is 432 g/mol. The van der Waals surface area contributed by atoms with E-state index >= 15 is 0 Å². The van der Waals surface area contributed by atoms with Gasteiger partial charge in [-0.2, -0.15) is 0 Å². The Morgan fingerprint density at radius 3 is 1.48 bits per heavy atom. The van der Waals surface area contributed by atoms with E-state index in [0.717, 1.165) is 10.6 Å². The summed E-state index contributed by atoms with van der Waals surface area (Å²) in [4.78, 5) is 4.42. The first-order chi connectivity index (χ1) is 13.3. The summed E-state index contributed by atoms with van der Waals surface area (Å²) in [7, 11) is -1.86. The van der Waals surface area contributed by atoms with Gasteiger partial charge in [-0.1, -0.05) is 54.6 Å². The lowest BCUT2D eigenvalue weighted by atomic mass is 10.3. The Labute approximate surface area is 169 Å². The number of pyridine rings is 1. The number of rotatable bonds is 5. The predicted molar refractivity (Wildman–Crippen MR) is 121 cm³/mol. The standard InChI is InChI=1S/C24H20BrNP/c25-21-16-20(17-26-18-21)19-27(22-10-4-1-5-11-22,23-12-6-2-7-13-23)24-14-8-3-9-15-24/h1-18H,19H2/q+1. The molecule has 3 heteroatoms. The predicted octanol–water partition coefficient (Wildman–Crippen LogP) is 5.34. The summed E-state index contributed by atoms with van der Waals surface area (Å²) in [6.07, 6.45) is 4.78. The zero-order chi connectivity index (χ0) is 18.5. The number of hydrogen-bond acceptors (Lipinski definition) is 1. The molecule has 0 atom stereocenters. The summed E-state index contributed by atoms with van der Waals surface area (Å²) in [6.45, 7) is 0. The van der Waals surface area contributed by atoms with Crippen LogP contribution in [-0.4, -0.2) is 4.98 Å². The van der Waals surface area contributed by atoms with Gasteiger partial charge < -0.3 is 0 Å². The minimum Gasteiger partial charge on any atom is -0.263 e. The van der Waals surface area contributed by atoms with Crippen LogP contribution in [0.2, 0.25) is 0 Å². The number of hydrogen-bond donors (Lipinski definition) is 0. The molecule has 1 heterocycles. The fourth-order valence-electron chi connectivity index (χ4n) is 3.58. The van der Waals surface area contributed by atoms with Crippen molar-refractivity contribution in [3.8, 4) is 0 Å². The molecule has 4 aromatic rings. The first kappa shape index (κ1) is 18.1. The molecule has 1 nitrogen and oxygen atoms in total. The lowest BCUT2D eigenvalue weighted by molar-refractivity contribution is 1.23. The molecule has 0 fully saturated rings. The summed E-state index contributed by atoms with van der Waals surface area (Å²) in [6, 6.07) is 35.0. The first-order valence-corrected chi connectivity index (χ1v) is 11.7. The minimum absolute atomic E-state index is 0.942. The molecular formula is C24H20BrNP+. The topological polar surface area (TPSA) is 12.9 Å². The van der Waals surface area contributed by atoms with Crippen LogP contribution >= 0.6 is 23.2 Å². The maximum atomic E-state index is 4.42. The second kappa shape index (κ2) is 8.17. The average Bonchev–Trinajstić information content (AvgIpc) is 2.74. The Morgan fingerprint density at radius 1 is 0.630 bits per heavy atom. The molecule has 0 saturated heterocycles. The fourth-order valence-corrected chi connectivity index (χ4v) is 8.20. The molecule has 0 bridgehead atoms. The summed E-state index contributed by atoms with van der Waals surface area (Å²) >= 11 is 3.59. The van der Waals surface area contributed by atoms with Crippen LogP contribution in [0.15, 0.2) is 114 Å². The Kier molecular flexibility index (Phi) is 5.48. The Morgan fingerprint density at radius 2 is 1.07 bits per heavy atom. The molecule has 0 unspecified atom stereocenters. The molecule has 0 spiro atoms. The highest BCUT2D eigenvalue weighted by Gasteiger charge is 2.45. The van der Waals surface area contributed by atoms with E-state index in [2.05, 4.69) is 118 Å². The van der Waals surface area contributed by atoms with Crippen molar-refractivity contribution in [1.82, 2.24) is 4.98 Å². The zero-order valence-corrected chi connectivity index (χ0v) is 17.4. The van der Waals surface area contributed by atoms with E-state index < -0.39 is 7.26 Å². The van der Waals surface area contributed by atoms with E-state index in [1.165, 1.54) is 21.5 Å². The second-order valence-corrected chi connectivity index (χ2v) is 10.9. The van der Waals surface area contributed by atoms with Crippen molar-refractivity contribution in [3.05, 3.63) is 119 Å². The normalized spacial score (nSPS) is 11.3. The number of halogens is 1. The third kappa shape index (κ3) is 3.74. The summed E-state index contributed by atoms with van der Waals surface area (Å²) < 4.78 is 1.02. The van der Waals surface area contributed by atoms with Crippen LogP contribution in [0.25, 0.3) is 0 Å². The molecule has 27 heavy (non-hydrogen) atoms. The van der Waals surface area contributed by atoms with Gasteiger partial charge in [0, 0.05) is 22.4 Å².